The number of unbranched alkanes of at least 4 members (excludes halogenated alkanes) is 24. The van der Waals surface area contributed by atoms with Gasteiger partial charge in [-0.15, -0.1) is 0 Å². The minimum absolute atomic E-state index is 0.00413. The lowest BCUT2D eigenvalue weighted by molar-refractivity contribution is -0.167. The predicted molar refractivity (Wildman–Crippen MR) is 199 cm³/mol. The fourth-order valence-corrected chi connectivity index (χ4v) is 5.87. The molecule has 0 saturated carbocycles. The number of ether oxygens (including phenoxy) is 3. The SMILES string of the molecule is CCCCCCCCCCCCCCCC(=O)OCC(COC(=O)CCC(=O)NCN)OC(=O)CCCCCCCCCCCCCCC. The first-order valence-electron chi connectivity index (χ1n) is 20.4. The van der Waals surface area contributed by atoms with Gasteiger partial charge in [0.05, 0.1) is 13.1 Å². The summed E-state index contributed by atoms with van der Waals surface area (Å²) in [6.07, 6.45) is 31.4. The van der Waals surface area contributed by atoms with Crippen molar-refractivity contribution >= 4 is 23.8 Å². The van der Waals surface area contributed by atoms with Gasteiger partial charge in [0.25, 0.3) is 0 Å². The van der Waals surface area contributed by atoms with E-state index in [4.69, 9.17) is 19.9 Å². The highest BCUT2D eigenvalue weighted by atomic mass is 16.6. The highest BCUT2D eigenvalue weighted by Gasteiger charge is 2.20. The van der Waals surface area contributed by atoms with Gasteiger partial charge in [-0.05, 0) is 12.8 Å². The summed E-state index contributed by atoms with van der Waals surface area (Å²) in [5, 5.41) is 2.42. The zero-order valence-electron chi connectivity index (χ0n) is 31.8. The second-order valence-electron chi connectivity index (χ2n) is 13.8. The quantitative estimate of drug-likeness (QED) is 0.0284. The standard InChI is InChI=1S/C40H76N2O7/c1-3-5-7-9-11-13-15-17-19-21-23-25-27-29-38(44)47-33-36(34-48-39(45)32-31-37(43)42-35-41)49-40(46)30-28-26-24-22-20-18-16-14-12-10-8-6-4-2/h36H,3-35,41H2,1-2H3,(H,42,43). The highest BCUT2D eigenvalue weighted by molar-refractivity contribution is 5.81. The molecule has 1 amide bonds. The predicted octanol–water partition coefficient (Wildman–Crippen LogP) is 9.76. The molecule has 49 heavy (non-hydrogen) atoms. The maximum Gasteiger partial charge on any atom is 0.306 e. The van der Waals surface area contributed by atoms with Gasteiger partial charge in [0.2, 0.25) is 5.91 Å². The first-order valence-corrected chi connectivity index (χ1v) is 20.4. The first kappa shape index (κ1) is 46.8. The smallest absolute Gasteiger partial charge is 0.306 e. The topological polar surface area (TPSA) is 134 Å². The van der Waals surface area contributed by atoms with Crippen molar-refractivity contribution in [3.05, 3.63) is 0 Å². The van der Waals surface area contributed by atoms with E-state index in [9.17, 15) is 19.2 Å². The molecule has 0 aromatic carbocycles. The van der Waals surface area contributed by atoms with Crippen LogP contribution in [0.5, 0.6) is 0 Å². The lowest BCUT2D eigenvalue weighted by atomic mass is 10.0. The third kappa shape index (κ3) is 35.5. The zero-order chi connectivity index (χ0) is 36.0. The molecule has 0 rings (SSSR count). The Bertz CT molecular complexity index is 793. The summed E-state index contributed by atoms with van der Waals surface area (Å²) < 4.78 is 16.2. The molecule has 9 nitrogen and oxygen atoms in total. The summed E-state index contributed by atoms with van der Waals surface area (Å²) in [5.41, 5.74) is 5.28. The average Bonchev–Trinajstić information content (AvgIpc) is 3.09. The maximum atomic E-state index is 12.6. The lowest BCUT2D eigenvalue weighted by Gasteiger charge is -2.18. The summed E-state index contributed by atoms with van der Waals surface area (Å²) >= 11 is 0. The van der Waals surface area contributed by atoms with Crippen LogP contribution in [0, 0.1) is 0 Å². The van der Waals surface area contributed by atoms with Crippen molar-refractivity contribution < 1.29 is 33.4 Å². The molecule has 0 aliphatic rings. The molecule has 0 spiro atoms. The van der Waals surface area contributed by atoms with Crippen LogP contribution in [0.4, 0.5) is 0 Å². The molecule has 0 radical (unpaired) electrons. The van der Waals surface area contributed by atoms with Crippen LogP contribution >= 0.6 is 0 Å². The van der Waals surface area contributed by atoms with Gasteiger partial charge in [-0.2, -0.15) is 0 Å². The van der Waals surface area contributed by atoms with Crippen LogP contribution in [0.15, 0.2) is 0 Å². The Morgan fingerprint density at radius 1 is 0.449 bits per heavy atom. The summed E-state index contributed by atoms with van der Waals surface area (Å²) in [6, 6.07) is 0. The number of rotatable bonds is 37. The molecule has 0 aliphatic carbocycles. The first-order chi connectivity index (χ1) is 23.9. The summed E-state index contributed by atoms with van der Waals surface area (Å²) in [5.74, 6) is -1.67. The number of hydrogen-bond acceptors (Lipinski definition) is 8. The van der Waals surface area contributed by atoms with Crippen molar-refractivity contribution in [3.8, 4) is 0 Å². The van der Waals surface area contributed by atoms with Crippen molar-refractivity contribution in [2.45, 2.75) is 213 Å². The molecule has 1 atom stereocenters. The van der Waals surface area contributed by atoms with E-state index in [1.165, 1.54) is 128 Å². The molecule has 0 saturated heterocycles. The van der Waals surface area contributed by atoms with Crippen molar-refractivity contribution in [2.24, 2.45) is 5.73 Å². The van der Waals surface area contributed by atoms with Gasteiger partial charge in [-0.1, -0.05) is 168 Å². The molecule has 0 fully saturated rings. The number of hydrogen-bond donors (Lipinski definition) is 2. The van der Waals surface area contributed by atoms with Gasteiger partial charge < -0.3 is 25.3 Å². The molecular formula is C40H76N2O7. The summed E-state index contributed by atoms with van der Waals surface area (Å²) in [6.45, 7) is 4.10. The van der Waals surface area contributed by atoms with Crippen LogP contribution in [-0.4, -0.2) is 49.8 Å². The van der Waals surface area contributed by atoms with Crippen molar-refractivity contribution in [3.63, 3.8) is 0 Å². The van der Waals surface area contributed by atoms with E-state index < -0.39 is 12.1 Å². The van der Waals surface area contributed by atoms with E-state index in [0.717, 1.165) is 38.5 Å². The monoisotopic (exact) mass is 697 g/mol. The zero-order valence-corrected chi connectivity index (χ0v) is 31.8. The highest BCUT2D eigenvalue weighted by Crippen LogP contribution is 2.15. The Hall–Kier alpha value is -2.16. The van der Waals surface area contributed by atoms with Crippen molar-refractivity contribution in [1.29, 1.82) is 0 Å². The van der Waals surface area contributed by atoms with Gasteiger partial charge >= 0.3 is 17.9 Å². The fraction of sp³-hybridized carbons (Fsp3) is 0.900. The van der Waals surface area contributed by atoms with Crippen LogP contribution in [0.2, 0.25) is 0 Å². The molecule has 0 aromatic rings. The Morgan fingerprint density at radius 3 is 1.14 bits per heavy atom. The fourth-order valence-electron chi connectivity index (χ4n) is 5.87. The molecular weight excluding hydrogens is 620 g/mol. The third-order valence-corrected chi connectivity index (χ3v) is 8.98. The van der Waals surface area contributed by atoms with Crippen LogP contribution in [0.25, 0.3) is 0 Å². The van der Waals surface area contributed by atoms with Crippen molar-refractivity contribution in [2.75, 3.05) is 19.9 Å². The number of nitrogens with two attached hydrogens (primary N) is 1. The largest absolute Gasteiger partial charge is 0.462 e. The Kier molecular flexibility index (Phi) is 35.5. The second kappa shape index (κ2) is 37.1. The molecule has 0 aromatic heterocycles. The Labute approximate surface area is 300 Å². The van der Waals surface area contributed by atoms with Gasteiger partial charge in [-0.25, -0.2) is 0 Å². The van der Waals surface area contributed by atoms with Gasteiger partial charge in [-0.3, -0.25) is 19.2 Å². The van der Waals surface area contributed by atoms with E-state index in [1.807, 2.05) is 0 Å². The van der Waals surface area contributed by atoms with Crippen molar-refractivity contribution in [1.82, 2.24) is 5.32 Å². The van der Waals surface area contributed by atoms with Crippen LogP contribution < -0.4 is 11.1 Å². The van der Waals surface area contributed by atoms with E-state index >= 15 is 0 Å². The molecule has 3 N–H and O–H groups in total. The third-order valence-electron chi connectivity index (χ3n) is 8.98. The van der Waals surface area contributed by atoms with Gasteiger partial charge in [0.15, 0.2) is 6.10 Å². The van der Waals surface area contributed by atoms with Crippen LogP contribution in [-0.2, 0) is 33.4 Å². The minimum atomic E-state index is -0.883. The van der Waals surface area contributed by atoms with Crippen LogP contribution in [0.3, 0.4) is 0 Å². The Balaban J connectivity index is 4.25. The Morgan fingerprint density at radius 2 is 0.776 bits per heavy atom. The normalized spacial score (nSPS) is 11.7. The average molecular weight is 697 g/mol. The van der Waals surface area contributed by atoms with E-state index in [2.05, 4.69) is 19.2 Å². The second-order valence-corrected chi connectivity index (χ2v) is 13.8. The van der Waals surface area contributed by atoms with E-state index in [-0.39, 0.29) is 57.0 Å². The minimum Gasteiger partial charge on any atom is -0.462 e. The van der Waals surface area contributed by atoms with Gasteiger partial charge in [0, 0.05) is 19.3 Å². The molecule has 9 heteroatoms. The molecule has 0 aliphatic heterocycles. The van der Waals surface area contributed by atoms with E-state index in [1.54, 1.807) is 0 Å². The summed E-state index contributed by atoms with van der Waals surface area (Å²) in [7, 11) is 0. The molecule has 288 valence electrons. The summed E-state index contributed by atoms with van der Waals surface area (Å²) in [4.78, 5) is 48.7. The number of esters is 3. The molecule has 0 heterocycles. The number of amides is 1. The molecule has 0 bridgehead atoms. The maximum absolute atomic E-state index is 12.6. The van der Waals surface area contributed by atoms with Gasteiger partial charge in [0.1, 0.15) is 13.2 Å². The van der Waals surface area contributed by atoms with E-state index in [0.29, 0.717) is 6.42 Å². The molecule has 1 unspecified atom stereocenters. The van der Waals surface area contributed by atoms with Crippen LogP contribution in [0.1, 0.15) is 206 Å². The number of carbonyl (C=O) groups excluding carboxylic acids is 4. The number of nitrogens with one attached hydrogen (secondary N) is 1. The number of carbonyl (C=O) groups is 4. The lowest BCUT2D eigenvalue weighted by Crippen LogP contribution is -2.32.